The number of esters is 1. The Bertz CT molecular complexity index is 631. The normalized spacial score (nSPS) is 13.0. The Morgan fingerprint density at radius 1 is 1.18 bits per heavy atom. The third-order valence-electron chi connectivity index (χ3n) is 3.97. The molecule has 8 heteroatoms. The summed E-state index contributed by atoms with van der Waals surface area (Å²) in [5.74, 6) is -2.29. The zero-order chi connectivity index (χ0) is 20.4. The molecule has 0 saturated carbocycles. The van der Waals surface area contributed by atoms with E-state index in [2.05, 4.69) is 10.6 Å². The first-order valence-electron chi connectivity index (χ1n) is 8.93. The van der Waals surface area contributed by atoms with Crippen LogP contribution in [0.15, 0.2) is 30.3 Å². The predicted molar refractivity (Wildman–Crippen MR) is 102 cm³/mol. The maximum atomic E-state index is 12.6. The fourth-order valence-corrected chi connectivity index (χ4v) is 2.41. The van der Waals surface area contributed by atoms with Crippen LogP contribution < -0.4 is 56.7 Å². The van der Waals surface area contributed by atoms with Crippen LogP contribution in [-0.4, -0.2) is 48.7 Å². The number of nitrogens with zero attached hydrogens (tertiary/aromatic N) is 1. The Morgan fingerprint density at radius 2 is 1.79 bits per heavy atom. The smallest absolute Gasteiger partial charge is 0.651 e. The van der Waals surface area contributed by atoms with E-state index in [1.54, 1.807) is 0 Å². The van der Waals surface area contributed by atoms with Gasteiger partial charge in [0.2, 0.25) is 5.91 Å². The molecule has 1 aromatic carbocycles. The average Bonchev–Trinajstić information content (AvgIpc) is 2.59. The Kier molecular flexibility index (Phi) is 13.1. The molecule has 0 aliphatic heterocycles. The molecule has 0 fully saturated rings. The number of amides is 1. The minimum atomic E-state index is -1.12. The summed E-state index contributed by atoms with van der Waals surface area (Å²) < 4.78 is 4.77. The molecule has 0 bridgehead atoms. The van der Waals surface area contributed by atoms with E-state index in [1.165, 1.54) is 7.11 Å². The molecule has 0 heterocycles. The van der Waals surface area contributed by atoms with Gasteiger partial charge in [0, 0.05) is 12.8 Å². The van der Waals surface area contributed by atoms with Crippen molar-refractivity contribution in [1.29, 1.82) is 0 Å². The van der Waals surface area contributed by atoms with E-state index in [4.69, 9.17) is 9.84 Å². The van der Waals surface area contributed by atoms with E-state index in [0.717, 1.165) is 12.0 Å². The number of carboxylic acid groups (broad SMARTS) is 1. The number of aliphatic carboxylic acids is 1. The second-order valence-corrected chi connectivity index (χ2v) is 7.60. The Hall–Kier alpha value is -0.774. The summed E-state index contributed by atoms with van der Waals surface area (Å²) in [6.07, 6.45) is 0.553. The molecule has 1 aromatic rings. The van der Waals surface area contributed by atoms with Gasteiger partial charge in [0.05, 0.1) is 7.11 Å². The van der Waals surface area contributed by atoms with Crippen LogP contribution in [0.3, 0.4) is 0 Å². The fraction of sp³-hybridized carbons (Fsp3) is 0.550. The molecule has 0 aromatic heterocycles. The SMILES string of the molecule is COC(=O)[C@H](Cc1ccccc1)NC(=O)C(CC(=O)O)[N-]CCC(C)(C)C.[K+]. The first-order valence-corrected chi connectivity index (χ1v) is 8.93. The van der Waals surface area contributed by atoms with Crippen molar-refractivity contribution >= 4 is 17.8 Å². The van der Waals surface area contributed by atoms with Crippen LogP contribution in [0.4, 0.5) is 0 Å². The molecule has 0 radical (unpaired) electrons. The summed E-state index contributed by atoms with van der Waals surface area (Å²) in [4.78, 5) is 35.7. The van der Waals surface area contributed by atoms with Crippen molar-refractivity contribution in [1.82, 2.24) is 5.32 Å². The molecule has 0 aliphatic carbocycles. The largest absolute Gasteiger partial charge is 1.00 e. The van der Waals surface area contributed by atoms with E-state index in [9.17, 15) is 14.4 Å². The quantitative estimate of drug-likeness (QED) is 0.397. The maximum absolute atomic E-state index is 12.6. The number of nitrogens with one attached hydrogen (secondary N) is 1. The van der Waals surface area contributed by atoms with Gasteiger partial charge in [0.25, 0.3) is 0 Å². The van der Waals surface area contributed by atoms with Gasteiger partial charge in [-0.3, -0.25) is 9.59 Å². The van der Waals surface area contributed by atoms with Gasteiger partial charge in [-0.2, -0.15) is 0 Å². The second-order valence-electron chi connectivity index (χ2n) is 7.60. The van der Waals surface area contributed by atoms with Crippen LogP contribution >= 0.6 is 0 Å². The van der Waals surface area contributed by atoms with Crippen molar-refractivity contribution in [2.45, 2.75) is 52.1 Å². The molecular formula is C20H29KN2O5. The summed E-state index contributed by atoms with van der Waals surface area (Å²) in [5.41, 5.74) is 0.878. The van der Waals surface area contributed by atoms with E-state index in [0.29, 0.717) is 6.54 Å². The first-order chi connectivity index (χ1) is 12.6. The minimum Gasteiger partial charge on any atom is -0.651 e. The number of methoxy groups -OCH3 is 1. The molecule has 1 unspecified atom stereocenters. The molecule has 2 atom stereocenters. The Balaban J connectivity index is 0.00000729. The van der Waals surface area contributed by atoms with Gasteiger partial charge >= 0.3 is 63.3 Å². The van der Waals surface area contributed by atoms with Crippen LogP contribution in [0.5, 0.6) is 0 Å². The monoisotopic (exact) mass is 416 g/mol. The summed E-state index contributed by atoms with van der Waals surface area (Å²) in [7, 11) is 1.24. The molecule has 7 nitrogen and oxygen atoms in total. The molecule has 0 aliphatic rings. The summed E-state index contributed by atoms with van der Waals surface area (Å²) >= 11 is 0. The summed E-state index contributed by atoms with van der Waals surface area (Å²) in [6, 6.07) is 7.24. The van der Waals surface area contributed by atoms with Gasteiger partial charge in [-0.05, 0) is 17.0 Å². The zero-order valence-electron chi connectivity index (χ0n) is 17.4. The van der Waals surface area contributed by atoms with Crippen LogP contribution in [0.25, 0.3) is 5.32 Å². The molecule has 1 rings (SSSR count). The number of carbonyl (C=O) groups is 3. The number of benzene rings is 1. The predicted octanol–water partition coefficient (Wildman–Crippen LogP) is -0.456. The van der Waals surface area contributed by atoms with Crippen LogP contribution in [0.1, 0.15) is 39.2 Å². The molecule has 0 saturated heterocycles. The molecule has 1 amide bonds. The number of rotatable bonds is 10. The van der Waals surface area contributed by atoms with E-state index < -0.39 is 36.4 Å². The average molecular weight is 417 g/mol. The molecule has 2 N–H and O–H groups in total. The summed E-state index contributed by atoms with van der Waals surface area (Å²) in [6.45, 7) is 6.50. The van der Waals surface area contributed by atoms with E-state index in [-0.39, 0.29) is 63.2 Å². The topological polar surface area (TPSA) is 107 Å². The van der Waals surface area contributed by atoms with Crippen molar-refractivity contribution < 1.29 is 75.6 Å². The number of carboxylic acids is 1. The second kappa shape index (κ2) is 13.4. The van der Waals surface area contributed by atoms with Crippen LogP contribution in [-0.2, 0) is 25.5 Å². The van der Waals surface area contributed by atoms with Gasteiger partial charge in [0.1, 0.15) is 6.04 Å². The number of hydrogen-bond donors (Lipinski definition) is 2. The number of carbonyl (C=O) groups excluding carboxylic acids is 2. The van der Waals surface area contributed by atoms with Gasteiger partial charge in [-0.25, -0.2) is 4.79 Å². The van der Waals surface area contributed by atoms with Crippen molar-refractivity contribution in [2.24, 2.45) is 5.41 Å². The number of ether oxygens (including phenoxy) is 1. The van der Waals surface area contributed by atoms with Gasteiger partial charge < -0.3 is 20.5 Å². The van der Waals surface area contributed by atoms with Crippen molar-refractivity contribution in [3.05, 3.63) is 41.2 Å². The standard InChI is InChI=1S/C20H29N2O5.K/c1-20(2,3)10-11-21-15(13-17(23)24)18(25)22-16(19(26)27-4)12-14-8-6-5-7-9-14;/h5-9,15-16H,10-13H2,1-4H3,(H,22,25)(H,23,24);/q-1;+1/t15?,16-;/m0./s1. The Morgan fingerprint density at radius 3 is 2.29 bits per heavy atom. The molecule has 150 valence electrons. The third kappa shape index (κ3) is 11.3. The molecule has 0 spiro atoms. The maximum Gasteiger partial charge on any atom is 1.00 e. The van der Waals surface area contributed by atoms with Crippen LogP contribution in [0.2, 0.25) is 0 Å². The van der Waals surface area contributed by atoms with Crippen molar-refractivity contribution in [2.75, 3.05) is 13.7 Å². The minimum absolute atomic E-state index is 0. The van der Waals surface area contributed by atoms with E-state index in [1.807, 2.05) is 51.1 Å². The first kappa shape index (κ1) is 27.2. The Labute approximate surface area is 209 Å². The van der Waals surface area contributed by atoms with Gasteiger partial charge in [-0.1, -0.05) is 57.5 Å². The van der Waals surface area contributed by atoms with Gasteiger partial charge in [-0.15, -0.1) is 6.54 Å². The fourth-order valence-electron chi connectivity index (χ4n) is 2.41. The van der Waals surface area contributed by atoms with Gasteiger partial charge in [0.15, 0.2) is 0 Å². The molecular weight excluding hydrogens is 387 g/mol. The van der Waals surface area contributed by atoms with Crippen LogP contribution in [0, 0.1) is 5.41 Å². The molecule has 28 heavy (non-hydrogen) atoms. The zero-order valence-corrected chi connectivity index (χ0v) is 20.5. The third-order valence-corrected chi connectivity index (χ3v) is 3.97. The van der Waals surface area contributed by atoms with Crippen molar-refractivity contribution in [3.8, 4) is 0 Å². The van der Waals surface area contributed by atoms with E-state index >= 15 is 0 Å². The summed E-state index contributed by atoms with van der Waals surface area (Å²) in [5, 5.41) is 15.9. The van der Waals surface area contributed by atoms with Crippen molar-refractivity contribution in [3.63, 3.8) is 0 Å². The number of hydrogen-bond acceptors (Lipinski definition) is 4.